The van der Waals surface area contributed by atoms with Crippen molar-refractivity contribution in [3.8, 4) is 0 Å². The van der Waals surface area contributed by atoms with Gasteiger partial charge in [0.25, 0.3) is 0 Å². The van der Waals surface area contributed by atoms with Gasteiger partial charge in [0, 0.05) is 0 Å². The molecule has 5 heteroatoms. The molecule has 80 valence electrons. The van der Waals surface area contributed by atoms with Crippen LogP contribution in [0.15, 0.2) is 40.8 Å². The van der Waals surface area contributed by atoms with Crippen LogP contribution < -0.4 is 10.2 Å². The van der Waals surface area contributed by atoms with Crippen LogP contribution in [-0.2, 0) is 0 Å². The summed E-state index contributed by atoms with van der Waals surface area (Å²) in [6.07, 6.45) is 1.03. The van der Waals surface area contributed by atoms with E-state index in [-0.39, 0.29) is 0 Å². The molecule has 0 amide bonds. The Morgan fingerprint density at radius 3 is 2.80 bits per heavy atom. The summed E-state index contributed by atoms with van der Waals surface area (Å²) in [5, 5.41) is 10.5. The monoisotopic (exact) mass is 205 g/mol. The van der Waals surface area contributed by atoms with Gasteiger partial charge >= 0.3 is 0 Å². The third-order valence-electron chi connectivity index (χ3n) is 2.55. The molecule has 2 unspecified atom stereocenters. The lowest BCUT2D eigenvalue weighted by Crippen LogP contribution is -3.16. The second kappa shape index (κ2) is 4.27. The maximum absolute atomic E-state index is 4.07. The minimum atomic E-state index is 0.375. The van der Waals surface area contributed by atoms with E-state index in [1.807, 2.05) is 30.3 Å². The standard InChI is InChI=1S/C10H15N5/c1-3-9(2)14-12-11-13-15(14)10-7-5-4-6-8-10/h4-9,14H,3H2,1-2H3. The predicted octanol–water partition coefficient (Wildman–Crippen LogP) is 1.68. The molecule has 1 aliphatic heterocycles. The Bertz CT molecular complexity index is 337. The van der Waals surface area contributed by atoms with Crippen LogP contribution in [0.1, 0.15) is 20.3 Å². The summed E-state index contributed by atoms with van der Waals surface area (Å²) in [5.74, 6) is 0. The second-order valence-corrected chi connectivity index (χ2v) is 3.59. The summed E-state index contributed by atoms with van der Waals surface area (Å²) in [5.41, 5.74) is 5.08. The van der Waals surface area contributed by atoms with E-state index in [9.17, 15) is 0 Å². The van der Waals surface area contributed by atoms with Crippen LogP contribution >= 0.6 is 0 Å². The highest BCUT2D eigenvalue weighted by Crippen LogP contribution is 2.13. The summed E-state index contributed by atoms with van der Waals surface area (Å²) in [6.45, 7) is 4.26. The van der Waals surface area contributed by atoms with Gasteiger partial charge in [-0.05, 0) is 25.5 Å². The molecule has 0 aromatic heterocycles. The van der Waals surface area contributed by atoms with Crippen LogP contribution in [-0.4, -0.2) is 6.04 Å². The third kappa shape index (κ3) is 1.92. The van der Waals surface area contributed by atoms with E-state index in [0.717, 1.165) is 17.2 Å². The van der Waals surface area contributed by atoms with Crippen molar-refractivity contribution >= 4 is 5.69 Å². The van der Waals surface area contributed by atoms with Gasteiger partial charge in [0.15, 0.2) is 0 Å². The molecule has 2 rings (SSSR count). The quantitative estimate of drug-likeness (QED) is 0.801. The topological polar surface area (TPSA) is 46.5 Å². The highest BCUT2D eigenvalue weighted by atomic mass is 16.0. The molecule has 0 saturated heterocycles. The highest BCUT2D eigenvalue weighted by Gasteiger charge is 2.22. The van der Waals surface area contributed by atoms with Gasteiger partial charge < -0.3 is 0 Å². The van der Waals surface area contributed by atoms with Crippen LogP contribution in [0.4, 0.5) is 5.69 Å². The molecule has 0 bridgehead atoms. The van der Waals surface area contributed by atoms with Crippen LogP contribution in [0.5, 0.6) is 0 Å². The number of nitrogens with zero attached hydrogens (tertiary/aromatic N) is 4. The molecular weight excluding hydrogens is 190 g/mol. The summed E-state index contributed by atoms with van der Waals surface area (Å²) in [7, 11) is 0. The summed E-state index contributed by atoms with van der Waals surface area (Å²) in [6, 6.07) is 10.3. The van der Waals surface area contributed by atoms with E-state index >= 15 is 0 Å². The maximum Gasteiger partial charge on any atom is 0.118 e. The molecule has 5 nitrogen and oxygen atoms in total. The van der Waals surface area contributed by atoms with Crippen LogP contribution in [0.3, 0.4) is 0 Å². The van der Waals surface area contributed by atoms with Crippen LogP contribution in [0.25, 0.3) is 5.53 Å². The lowest BCUT2D eigenvalue weighted by molar-refractivity contribution is -0.890. The van der Waals surface area contributed by atoms with Crippen molar-refractivity contribution in [2.75, 3.05) is 5.12 Å². The van der Waals surface area contributed by atoms with Gasteiger partial charge in [-0.2, -0.15) is 15.8 Å². The number of benzene rings is 1. The smallest absolute Gasteiger partial charge is 0.118 e. The van der Waals surface area contributed by atoms with E-state index < -0.39 is 0 Å². The van der Waals surface area contributed by atoms with E-state index in [4.69, 9.17) is 0 Å². The van der Waals surface area contributed by atoms with Crippen molar-refractivity contribution in [2.24, 2.45) is 10.4 Å². The fourth-order valence-electron chi connectivity index (χ4n) is 1.44. The van der Waals surface area contributed by atoms with Crippen molar-refractivity contribution in [2.45, 2.75) is 26.3 Å². The van der Waals surface area contributed by atoms with Crippen molar-refractivity contribution in [3.05, 3.63) is 35.9 Å². The number of quaternary nitrogens is 1. The average Bonchev–Trinajstić information content (AvgIpc) is 2.78. The number of hydrogen-bond acceptors (Lipinski definition) is 3. The molecule has 0 fully saturated rings. The Labute approximate surface area is 89.3 Å². The minimum absolute atomic E-state index is 0.375. The predicted molar refractivity (Wildman–Crippen MR) is 57.9 cm³/mol. The average molecular weight is 205 g/mol. The lowest BCUT2D eigenvalue weighted by atomic mass is 10.3. The first kappa shape index (κ1) is 9.92. The molecule has 0 aliphatic carbocycles. The Kier molecular flexibility index (Phi) is 2.82. The van der Waals surface area contributed by atoms with Gasteiger partial charge in [0.05, 0.1) is 5.69 Å². The SMILES string of the molecule is CCC(C)[NH+]1[N-]N=NN1c1ccccc1. The van der Waals surface area contributed by atoms with E-state index in [2.05, 4.69) is 29.8 Å². The third-order valence-corrected chi connectivity index (χ3v) is 2.55. The van der Waals surface area contributed by atoms with E-state index in [0.29, 0.717) is 6.04 Å². The molecule has 15 heavy (non-hydrogen) atoms. The molecule has 0 spiro atoms. The van der Waals surface area contributed by atoms with Crippen molar-refractivity contribution < 1.29 is 5.12 Å². The Hall–Kier alpha value is -1.62. The minimum Gasteiger partial charge on any atom is -0.230 e. The molecule has 1 N–H and O–H groups in total. The molecular formula is C10H15N5. The van der Waals surface area contributed by atoms with E-state index in [1.54, 1.807) is 5.12 Å². The van der Waals surface area contributed by atoms with Crippen molar-refractivity contribution in [1.82, 2.24) is 0 Å². The summed E-state index contributed by atoms with van der Waals surface area (Å²) < 4.78 is 0. The Morgan fingerprint density at radius 2 is 2.13 bits per heavy atom. The first-order valence-corrected chi connectivity index (χ1v) is 5.16. The zero-order valence-electron chi connectivity index (χ0n) is 8.96. The molecule has 1 heterocycles. The number of nitrogens with one attached hydrogen (secondary N) is 1. The zero-order chi connectivity index (χ0) is 10.7. The van der Waals surface area contributed by atoms with Gasteiger partial charge in [-0.25, -0.2) is 10.4 Å². The number of hydrogen-bond donors (Lipinski definition) is 1. The van der Waals surface area contributed by atoms with Crippen molar-refractivity contribution in [1.29, 1.82) is 0 Å². The van der Waals surface area contributed by atoms with Gasteiger partial charge in [-0.3, -0.25) is 0 Å². The maximum atomic E-state index is 4.07. The Balaban J connectivity index is 2.18. The fourth-order valence-corrected chi connectivity index (χ4v) is 1.44. The van der Waals surface area contributed by atoms with Gasteiger partial charge in [0.2, 0.25) is 0 Å². The van der Waals surface area contributed by atoms with Gasteiger partial charge in [0.1, 0.15) is 6.04 Å². The van der Waals surface area contributed by atoms with Gasteiger partial charge in [-0.15, -0.1) is 0 Å². The second-order valence-electron chi connectivity index (χ2n) is 3.59. The van der Waals surface area contributed by atoms with Crippen LogP contribution in [0.2, 0.25) is 0 Å². The molecule has 0 saturated carbocycles. The van der Waals surface area contributed by atoms with E-state index in [1.165, 1.54) is 0 Å². The summed E-state index contributed by atoms with van der Waals surface area (Å²) >= 11 is 0. The largest absolute Gasteiger partial charge is 0.230 e. The molecule has 0 radical (unpaired) electrons. The Morgan fingerprint density at radius 1 is 1.40 bits per heavy atom. The van der Waals surface area contributed by atoms with Crippen LogP contribution in [0, 0.1) is 0 Å². The molecule has 1 aromatic carbocycles. The zero-order valence-corrected chi connectivity index (χ0v) is 8.96. The number of anilines is 1. The number of para-hydroxylation sites is 1. The fraction of sp³-hybridized carbons (Fsp3) is 0.400. The van der Waals surface area contributed by atoms with Crippen molar-refractivity contribution in [3.63, 3.8) is 0 Å². The lowest BCUT2D eigenvalue weighted by Gasteiger charge is -2.30. The molecule has 2 atom stereocenters. The normalized spacial score (nSPS) is 21.5. The first-order chi connectivity index (χ1) is 7.33. The molecule has 1 aliphatic rings. The van der Waals surface area contributed by atoms with Gasteiger partial charge in [-0.1, -0.05) is 25.1 Å². The highest BCUT2D eigenvalue weighted by molar-refractivity contribution is 5.42. The first-order valence-electron chi connectivity index (χ1n) is 5.16. The molecule has 1 aromatic rings. The summed E-state index contributed by atoms with van der Waals surface area (Å²) in [4.78, 5) is 0. The number of rotatable bonds is 3.